The third-order valence-corrected chi connectivity index (χ3v) is 2.03. The molecule has 0 heterocycles. The van der Waals surface area contributed by atoms with Crippen LogP contribution in [0.25, 0.3) is 0 Å². The van der Waals surface area contributed by atoms with Gasteiger partial charge in [-0.15, -0.1) is 0 Å². The number of aliphatic hydroxyl groups is 1. The second-order valence-electron chi connectivity index (χ2n) is 3.27. The van der Waals surface area contributed by atoms with Crippen LogP contribution in [-0.4, -0.2) is 47.6 Å². The van der Waals surface area contributed by atoms with E-state index in [9.17, 15) is 15.0 Å². The predicted molar refractivity (Wildman–Crippen MR) is 60.0 cm³/mol. The summed E-state index contributed by atoms with van der Waals surface area (Å²) in [5.41, 5.74) is 0.00663. The molecule has 1 aromatic carbocycles. The molecular formula is C11H15NO5. The Morgan fingerprint density at radius 1 is 1.29 bits per heavy atom. The van der Waals surface area contributed by atoms with Gasteiger partial charge in [0.15, 0.2) is 11.5 Å². The second-order valence-corrected chi connectivity index (χ2v) is 3.27. The first-order chi connectivity index (χ1) is 8.16. The summed E-state index contributed by atoms with van der Waals surface area (Å²) in [4.78, 5) is 11.6. The Labute approximate surface area is 98.5 Å². The Hall–Kier alpha value is -1.79. The van der Waals surface area contributed by atoms with Gasteiger partial charge in [-0.3, -0.25) is 4.79 Å². The van der Waals surface area contributed by atoms with Crippen LogP contribution in [0, 0.1) is 0 Å². The number of hydrogen-bond donors (Lipinski definition) is 4. The van der Waals surface area contributed by atoms with Crippen LogP contribution < -0.4 is 5.32 Å². The molecule has 0 fully saturated rings. The number of phenols is 2. The smallest absolute Gasteiger partial charge is 0.255 e. The molecule has 17 heavy (non-hydrogen) atoms. The SMILES string of the molecule is O=C(NCCOCCO)c1cccc(O)c1O. The third kappa shape index (κ3) is 3.93. The number of rotatable bonds is 6. The molecule has 0 bridgehead atoms. The molecule has 0 aliphatic carbocycles. The van der Waals surface area contributed by atoms with Gasteiger partial charge in [0.2, 0.25) is 0 Å². The number of ether oxygens (including phenoxy) is 1. The van der Waals surface area contributed by atoms with E-state index in [4.69, 9.17) is 9.84 Å². The van der Waals surface area contributed by atoms with Crippen molar-refractivity contribution in [3.05, 3.63) is 23.8 Å². The van der Waals surface area contributed by atoms with Crippen LogP contribution in [0.3, 0.4) is 0 Å². The zero-order chi connectivity index (χ0) is 12.7. The summed E-state index contributed by atoms with van der Waals surface area (Å²) in [6.07, 6.45) is 0. The fraction of sp³-hybridized carbons (Fsp3) is 0.364. The van der Waals surface area contributed by atoms with E-state index < -0.39 is 11.7 Å². The molecule has 94 valence electrons. The highest BCUT2D eigenvalue weighted by molar-refractivity contribution is 5.97. The highest BCUT2D eigenvalue weighted by Crippen LogP contribution is 2.27. The molecule has 0 saturated carbocycles. The van der Waals surface area contributed by atoms with Crippen molar-refractivity contribution in [1.29, 1.82) is 0 Å². The van der Waals surface area contributed by atoms with Gasteiger partial charge in [0.1, 0.15) is 0 Å². The van der Waals surface area contributed by atoms with Crippen molar-refractivity contribution in [2.75, 3.05) is 26.4 Å². The molecule has 1 rings (SSSR count). The Kier molecular flexibility index (Phi) is 5.25. The first kappa shape index (κ1) is 13.3. The van der Waals surface area contributed by atoms with E-state index in [1.165, 1.54) is 18.2 Å². The number of benzene rings is 1. The van der Waals surface area contributed by atoms with Crippen LogP contribution in [0.2, 0.25) is 0 Å². The molecule has 0 spiro atoms. The van der Waals surface area contributed by atoms with E-state index in [0.29, 0.717) is 0 Å². The van der Waals surface area contributed by atoms with Crippen LogP contribution >= 0.6 is 0 Å². The topological polar surface area (TPSA) is 99.0 Å². The molecule has 0 radical (unpaired) electrons. The lowest BCUT2D eigenvalue weighted by Gasteiger charge is -2.07. The minimum Gasteiger partial charge on any atom is -0.504 e. The molecule has 0 saturated heterocycles. The maximum atomic E-state index is 11.6. The van der Waals surface area contributed by atoms with Gasteiger partial charge in [-0.1, -0.05) is 6.07 Å². The summed E-state index contributed by atoms with van der Waals surface area (Å²) < 4.78 is 4.95. The monoisotopic (exact) mass is 241 g/mol. The Balaban J connectivity index is 2.44. The van der Waals surface area contributed by atoms with E-state index in [-0.39, 0.29) is 37.7 Å². The van der Waals surface area contributed by atoms with Crippen LogP contribution in [0.1, 0.15) is 10.4 Å². The number of carbonyl (C=O) groups excluding carboxylic acids is 1. The lowest BCUT2D eigenvalue weighted by Crippen LogP contribution is -2.27. The maximum Gasteiger partial charge on any atom is 0.255 e. The predicted octanol–water partition coefficient (Wildman–Crippen LogP) is -0.164. The van der Waals surface area contributed by atoms with Crippen molar-refractivity contribution in [3.8, 4) is 11.5 Å². The summed E-state index contributed by atoms with van der Waals surface area (Å²) in [6, 6.07) is 4.15. The van der Waals surface area contributed by atoms with Gasteiger partial charge < -0.3 is 25.4 Å². The zero-order valence-electron chi connectivity index (χ0n) is 9.22. The number of amides is 1. The Morgan fingerprint density at radius 2 is 2.06 bits per heavy atom. The maximum absolute atomic E-state index is 11.6. The van der Waals surface area contributed by atoms with E-state index in [0.717, 1.165) is 0 Å². The van der Waals surface area contributed by atoms with Gasteiger partial charge in [0.25, 0.3) is 5.91 Å². The number of aliphatic hydroxyl groups excluding tert-OH is 1. The second kappa shape index (κ2) is 6.72. The van der Waals surface area contributed by atoms with Crippen molar-refractivity contribution < 1.29 is 24.9 Å². The molecule has 1 aromatic rings. The molecule has 6 nitrogen and oxygen atoms in total. The number of nitrogens with one attached hydrogen (secondary N) is 1. The summed E-state index contributed by atoms with van der Waals surface area (Å²) >= 11 is 0. The fourth-order valence-corrected chi connectivity index (χ4v) is 1.21. The van der Waals surface area contributed by atoms with Crippen molar-refractivity contribution in [2.24, 2.45) is 0 Å². The normalized spacial score (nSPS) is 10.2. The average molecular weight is 241 g/mol. The molecule has 0 unspecified atom stereocenters. The molecule has 0 aliphatic rings. The zero-order valence-corrected chi connectivity index (χ0v) is 9.22. The van der Waals surface area contributed by atoms with E-state index in [1.54, 1.807) is 0 Å². The lowest BCUT2D eigenvalue weighted by atomic mass is 10.1. The van der Waals surface area contributed by atoms with Crippen molar-refractivity contribution >= 4 is 5.91 Å². The molecule has 0 atom stereocenters. The number of carbonyl (C=O) groups is 1. The van der Waals surface area contributed by atoms with Crippen molar-refractivity contribution in [2.45, 2.75) is 0 Å². The number of para-hydroxylation sites is 1. The Bertz CT molecular complexity index is 380. The molecule has 0 aromatic heterocycles. The van der Waals surface area contributed by atoms with Gasteiger partial charge in [-0.05, 0) is 12.1 Å². The van der Waals surface area contributed by atoms with Gasteiger partial charge in [-0.25, -0.2) is 0 Å². The van der Waals surface area contributed by atoms with Gasteiger partial charge in [-0.2, -0.15) is 0 Å². The van der Waals surface area contributed by atoms with Crippen LogP contribution in [0.4, 0.5) is 0 Å². The quantitative estimate of drug-likeness (QED) is 0.409. The molecular weight excluding hydrogens is 226 g/mol. The van der Waals surface area contributed by atoms with Crippen LogP contribution in [0.15, 0.2) is 18.2 Å². The highest BCUT2D eigenvalue weighted by atomic mass is 16.5. The molecule has 1 amide bonds. The highest BCUT2D eigenvalue weighted by Gasteiger charge is 2.12. The van der Waals surface area contributed by atoms with E-state index in [2.05, 4.69) is 5.32 Å². The third-order valence-electron chi connectivity index (χ3n) is 2.03. The number of phenolic OH excluding ortho intramolecular Hbond substituents is 2. The first-order valence-electron chi connectivity index (χ1n) is 5.14. The summed E-state index contributed by atoms with van der Waals surface area (Å²) in [5.74, 6) is -1.28. The summed E-state index contributed by atoms with van der Waals surface area (Å²) in [7, 11) is 0. The van der Waals surface area contributed by atoms with E-state index in [1.807, 2.05) is 0 Å². The van der Waals surface area contributed by atoms with Crippen LogP contribution in [-0.2, 0) is 4.74 Å². The van der Waals surface area contributed by atoms with Gasteiger partial charge in [0, 0.05) is 6.54 Å². The van der Waals surface area contributed by atoms with Crippen LogP contribution in [0.5, 0.6) is 11.5 Å². The minimum atomic E-state index is -0.494. The Morgan fingerprint density at radius 3 is 2.76 bits per heavy atom. The fourth-order valence-electron chi connectivity index (χ4n) is 1.21. The molecule has 6 heteroatoms. The largest absolute Gasteiger partial charge is 0.504 e. The van der Waals surface area contributed by atoms with Gasteiger partial charge in [0.05, 0.1) is 25.4 Å². The summed E-state index contributed by atoms with van der Waals surface area (Å²) in [6.45, 7) is 0.675. The average Bonchev–Trinajstić information content (AvgIpc) is 2.32. The standard InChI is InChI=1S/C11H15NO5/c13-5-7-17-6-4-12-11(16)8-2-1-3-9(14)10(8)15/h1-3,13-15H,4-7H2,(H,12,16). The van der Waals surface area contributed by atoms with Crippen molar-refractivity contribution in [3.63, 3.8) is 0 Å². The first-order valence-corrected chi connectivity index (χ1v) is 5.14. The minimum absolute atomic E-state index is 0.00663. The molecule has 0 aliphatic heterocycles. The lowest BCUT2D eigenvalue weighted by molar-refractivity contribution is 0.0836. The van der Waals surface area contributed by atoms with Gasteiger partial charge >= 0.3 is 0 Å². The number of hydrogen-bond acceptors (Lipinski definition) is 5. The van der Waals surface area contributed by atoms with Crippen molar-refractivity contribution in [1.82, 2.24) is 5.32 Å². The molecule has 4 N–H and O–H groups in total. The number of aromatic hydroxyl groups is 2. The van der Waals surface area contributed by atoms with E-state index >= 15 is 0 Å². The summed E-state index contributed by atoms with van der Waals surface area (Å²) in [5, 5.41) is 29.6.